The smallest absolute Gasteiger partial charge is 0.143 e. The van der Waals surface area contributed by atoms with Crippen molar-refractivity contribution < 1.29 is 0 Å². The summed E-state index contributed by atoms with van der Waals surface area (Å²) in [6.45, 7) is 4.07. The zero-order chi connectivity index (χ0) is 14.8. The summed E-state index contributed by atoms with van der Waals surface area (Å²) in [5, 5.41) is 5.46. The number of thiazole rings is 1. The van der Waals surface area contributed by atoms with Crippen LogP contribution in [0.1, 0.15) is 42.7 Å². The molecule has 0 spiro atoms. The molecule has 1 aliphatic rings. The average Bonchev–Trinajstić information content (AvgIpc) is 3.21. The van der Waals surface area contributed by atoms with Gasteiger partial charge in [-0.2, -0.15) is 0 Å². The zero-order valence-electron chi connectivity index (χ0n) is 11.8. The molecule has 2 heterocycles. The summed E-state index contributed by atoms with van der Waals surface area (Å²) < 4.78 is 0. The lowest BCUT2D eigenvalue weighted by Gasteiger charge is -2.01. The Labute approximate surface area is 138 Å². The summed E-state index contributed by atoms with van der Waals surface area (Å²) in [4.78, 5) is 10.5. The number of hydrogen-bond acceptors (Lipinski definition) is 4. The van der Waals surface area contributed by atoms with E-state index in [1.165, 1.54) is 23.4 Å². The maximum absolute atomic E-state index is 6.25. The van der Waals surface area contributed by atoms with Crippen LogP contribution in [0.15, 0.2) is 12.3 Å². The molecule has 1 aliphatic carbocycles. The van der Waals surface area contributed by atoms with Crippen LogP contribution in [0.2, 0.25) is 10.0 Å². The molecule has 2 aromatic rings. The van der Waals surface area contributed by atoms with Crippen LogP contribution in [-0.2, 0) is 6.54 Å². The molecule has 2 aromatic heterocycles. The predicted molar refractivity (Wildman–Crippen MR) is 89.3 cm³/mol. The molecule has 3 nitrogen and oxygen atoms in total. The van der Waals surface area contributed by atoms with Gasteiger partial charge in [-0.3, -0.25) is 4.98 Å². The van der Waals surface area contributed by atoms with Crippen molar-refractivity contribution in [2.24, 2.45) is 0 Å². The Kier molecular flexibility index (Phi) is 4.79. The summed E-state index contributed by atoms with van der Waals surface area (Å²) in [7, 11) is 0. The maximum Gasteiger partial charge on any atom is 0.143 e. The van der Waals surface area contributed by atoms with Crippen LogP contribution in [0.25, 0.3) is 10.7 Å². The maximum atomic E-state index is 6.25. The van der Waals surface area contributed by atoms with Crippen LogP contribution in [0.5, 0.6) is 0 Å². The fraction of sp³-hybridized carbons (Fsp3) is 0.467. The van der Waals surface area contributed by atoms with E-state index in [4.69, 9.17) is 28.2 Å². The second-order valence-corrected chi connectivity index (χ2v) is 7.19. The normalized spacial score (nSPS) is 14.6. The Morgan fingerprint density at radius 1 is 1.38 bits per heavy atom. The molecule has 1 N–H and O–H groups in total. The van der Waals surface area contributed by atoms with Crippen LogP contribution in [0, 0.1) is 0 Å². The third-order valence-corrected chi connectivity index (χ3v) is 4.99. The SMILES string of the molecule is CCCNCc1sc(-c2ncc(Cl)cc2Cl)nc1C1CC1. The van der Waals surface area contributed by atoms with Gasteiger partial charge in [0.25, 0.3) is 0 Å². The third kappa shape index (κ3) is 3.57. The van der Waals surface area contributed by atoms with Crippen LogP contribution in [-0.4, -0.2) is 16.5 Å². The molecule has 1 saturated carbocycles. The van der Waals surface area contributed by atoms with Crippen molar-refractivity contribution >= 4 is 34.5 Å². The average molecular weight is 342 g/mol. The van der Waals surface area contributed by atoms with Gasteiger partial charge in [-0.25, -0.2) is 4.98 Å². The molecule has 0 unspecified atom stereocenters. The van der Waals surface area contributed by atoms with E-state index in [-0.39, 0.29) is 0 Å². The first-order chi connectivity index (χ1) is 10.2. The fourth-order valence-electron chi connectivity index (χ4n) is 2.22. The lowest BCUT2D eigenvalue weighted by Crippen LogP contribution is -2.13. The minimum atomic E-state index is 0.549. The van der Waals surface area contributed by atoms with Gasteiger partial charge in [0.05, 0.1) is 15.7 Å². The number of halogens is 2. The lowest BCUT2D eigenvalue weighted by atomic mass is 10.2. The molecule has 0 atom stereocenters. The molecule has 112 valence electrons. The van der Waals surface area contributed by atoms with E-state index in [1.54, 1.807) is 23.6 Å². The van der Waals surface area contributed by atoms with E-state index >= 15 is 0 Å². The fourth-order valence-corrected chi connectivity index (χ4v) is 3.87. The standard InChI is InChI=1S/C15H17Cl2N3S/c1-2-5-18-8-12-13(9-3-4-9)20-15(21-12)14-11(17)6-10(16)7-19-14/h6-7,9,18H,2-5,8H2,1H3. The molecule has 0 bridgehead atoms. The van der Waals surface area contributed by atoms with Gasteiger partial charge in [0.15, 0.2) is 0 Å². The van der Waals surface area contributed by atoms with E-state index in [2.05, 4.69) is 17.2 Å². The molecule has 0 aliphatic heterocycles. The largest absolute Gasteiger partial charge is 0.312 e. The Bertz CT molecular complexity index is 638. The van der Waals surface area contributed by atoms with E-state index in [0.29, 0.717) is 16.0 Å². The molecule has 21 heavy (non-hydrogen) atoms. The minimum Gasteiger partial charge on any atom is -0.312 e. The van der Waals surface area contributed by atoms with Gasteiger partial charge in [0.1, 0.15) is 10.7 Å². The summed E-state index contributed by atoms with van der Waals surface area (Å²) >= 11 is 13.9. The topological polar surface area (TPSA) is 37.8 Å². The molecule has 0 amide bonds. The highest BCUT2D eigenvalue weighted by molar-refractivity contribution is 7.15. The number of nitrogens with zero attached hydrogens (tertiary/aromatic N) is 2. The molecular weight excluding hydrogens is 325 g/mol. The van der Waals surface area contributed by atoms with Gasteiger partial charge in [-0.1, -0.05) is 30.1 Å². The molecular formula is C15H17Cl2N3S. The summed E-state index contributed by atoms with van der Waals surface area (Å²) in [6.07, 6.45) is 5.24. The number of nitrogens with one attached hydrogen (secondary N) is 1. The van der Waals surface area contributed by atoms with Crippen LogP contribution >= 0.6 is 34.5 Å². The van der Waals surface area contributed by atoms with Crippen LogP contribution in [0.4, 0.5) is 0 Å². The summed E-state index contributed by atoms with van der Waals surface area (Å²) in [5.74, 6) is 0.625. The van der Waals surface area contributed by atoms with Crippen LogP contribution in [0.3, 0.4) is 0 Å². The quantitative estimate of drug-likeness (QED) is 0.760. The molecule has 6 heteroatoms. The first-order valence-corrected chi connectivity index (χ1v) is 8.78. The van der Waals surface area contributed by atoms with Gasteiger partial charge in [0.2, 0.25) is 0 Å². The van der Waals surface area contributed by atoms with Crippen molar-refractivity contribution in [3.8, 4) is 10.7 Å². The molecule has 0 radical (unpaired) electrons. The highest BCUT2D eigenvalue weighted by Crippen LogP contribution is 2.44. The third-order valence-electron chi connectivity index (χ3n) is 3.41. The second kappa shape index (κ2) is 6.61. The van der Waals surface area contributed by atoms with E-state index < -0.39 is 0 Å². The first-order valence-electron chi connectivity index (χ1n) is 7.20. The highest BCUT2D eigenvalue weighted by atomic mass is 35.5. The molecule has 0 saturated heterocycles. The first kappa shape index (κ1) is 15.2. The minimum absolute atomic E-state index is 0.549. The Hall–Kier alpha value is -0.680. The Morgan fingerprint density at radius 3 is 2.86 bits per heavy atom. The number of hydrogen-bond donors (Lipinski definition) is 1. The van der Waals surface area contributed by atoms with Gasteiger partial charge in [-0.05, 0) is 31.9 Å². The molecule has 0 aromatic carbocycles. The van der Waals surface area contributed by atoms with Crippen molar-refractivity contribution in [2.45, 2.75) is 38.6 Å². The van der Waals surface area contributed by atoms with Gasteiger partial charge in [0, 0.05) is 23.5 Å². The summed E-state index contributed by atoms with van der Waals surface area (Å²) in [5.41, 5.74) is 1.96. The van der Waals surface area contributed by atoms with E-state index in [0.717, 1.165) is 30.2 Å². The predicted octanol–water partition coefficient (Wildman–Crippen LogP) is 4.89. The Morgan fingerprint density at radius 2 is 2.19 bits per heavy atom. The van der Waals surface area contributed by atoms with Crippen molar-refractivity contribution in [3.05, 3.63) is 32.9 Å². The lowest BCUT2D eigenvalue weighted by molar-refractivity contribution is 0.676. The van der Waals surface area contributed by atoms with Gasteiger partial charge in [-0.15, -0.1) is 11.3 Å². The van der Waals surface area contributed by atoms with Crippen molar-refractivity contribution in [3.63, 3.8) is 0 Å². The monoisotopic (exact) mass is 341 g/mol. The van der Waals surface area contributed by atoms with E-state index in [1.807, 2.05) is 0 Å². The number of rotatable bonds is 6. The highest BCUT2D eigenvalue weighted by Gasteiger charge is 2.30. The van der Waals surface area contributed by atoms with Crippen molar-refractivity contribution in [2.75, 3.05) is 6.54 Å². The molecule has 3 rings (SSSR count). The molecule has 1 fully saturated rings. The number of pyridine rings is 1. The summed E-state index contributed by atoms with van der Waals surface area (Å²) in [6, 6.07) is 1.72. The second-order valence-electron chi connectivity index (χ2n) is 5.26. The van der Waals surface area contributed by atoms with Gasteiger partial charge >= 0.3 is 0 Å². The van der Waals surface area contributed by atoms with Crippen molar-refractivity contribution in [1.29, 1.82) is 0 Å². The Balaban J connectivity index is 1.90. The van der Waals surface area contributed by atoms with Gasteiger partial charge < -0.3 is 5.32 Å². The van der Waals surface area contributed by atoms with Crippen molar-refractivity contribution in [1.82, 2.24) is 15.3 Å². The number of aromatic nitrogens is 2. The zero-order valence-corrected chi connectivity index (χ0v) is 14.2. The van der Waals surface area contributed by atoms with Crippen LogP contribution < -0.4 is 5.32 Å². The van der Waals surface area contributed by atoms with E-state index in [9.17, 15) is 0 Å².